The fourth-order valence-corrected chi connectivity index (χ4v) is 3.57. The lowest BCUT2D eigenvalue weighted by atomic mass is 9.94. The predicted octanol–water partition coefficient (Wildman–Crippen LogP) is 2.76. The zero-order valence-electron chi connectivity index (χ0n) is 14.7. The van der Waals surface area contributed by atoms with E-state index < -0.39 is 0 Å². The van der Waals surface area contributed by atoms with Crippen LogP contribution in [0.1, 0.15) is 35.8 Å². The summed E-state index contributed by atoms with van der Waals surface area (Å²) in [4.78, 5) is 21.4. The molecule has 3 aromatic heterocycles. The van der Waals surface area contributed by atoms with Crippen LogP contribution in [0.25, 0.3) is 17.1 Å². The normalized spacial score (nSPS) is 16.9. The van der Waals surface area contributed by atoms with E-state index in [1.807, 2.05) is 13.1 Å². The number of hydrogen-bond donors (Lipinski definition) is 0. The van der Waals surface area contributed by atoms with Crippen molar-refractivity contribution >= 4 is 5.91 Å². The van der Waals surface area contributed by atoms with Crippen LogP contribution < -0.4 is 0 Å². The van der Waals surface area contributed by atoms with Crippen molar-refractivity contribution in [2.75, 3.05) is 0 Å². The van der Waals surface area contributed by atoms with Crippen LogP contribution in [-0.2, 0) is 6.42 Å². The molecule has 1 fully saturated rings. The van der Waals surface area contributed by atoms with Gasteiger partial charge in [-0.1, -0.05) is 5.57 Å². The Morgan fingerprint density at radius 1 is 1.04 bits per heavy atom. The number of fused-ring (bicyclic) bond motifs is 1. The molecule has 0 bridgehead atoms. The Labute approximate surface area is 150 Å². The Morgan fingerprint density at radius 2 is 1.81 bits per heavy atom. The fourth-order valence-electron chi connectivity index (χ4n) is 3.57. The minimum atomic E-state index is 0.0340. The van der Waals surface area contributed by atoms with E-state index in [-0.39, 0.29) is 5.91 Å². The van der Waals surface area contributed by atoms with Gasteiger partial charge in [-0.3, -0.25) is 4.79 Å². The second kappa shape index (κ2) is 5.45. The summed E-state index contributed by atoms with van der Waals surface area (Å²) in [5.41, 5.74) is 5.91. The summed E-state index contributed by atoms with van der Waals surface area (Å²) in [6.45, 7) is 4.01. The molecule has 26 heavy (non-hydrogen) atoms. The Kier molecular flexibility index (Phi) is 3.19. The van der Waals surface area contributed by atoms with E-state index in [0.717, 1.165) is 47.2 Å². The van der Waals surface area contributed by atoms with Crippen LogP contribution in [-0.4, -0.2) is 35.4 Å². The Balaban J connectivity index is 1.52. The molecule has 7 heteroatoms. The zero-order chi connectivity index (χ0) is 17.8. The van der Waals surface area contributed by atoms with E-state index >= 15 is 0 Å². The molecule has 0 amide bonds. The van der Waals surface area contributed by atoms with Gasteiger partial charge in [-0.15, -0.1) is 0 Å². The number of hydrogen-bond acceptors (Lipinski definition) is 5. The van der Waals surface area contributed by atoms with E-state index in [1.54, 1.807) is 34.2 Å². The lowest BCUT2D eigenvalue weighted by Crippen LogP contribution is -2.25. The molecule has 2 aliphatic rings. The third kappa shape index (κ3) is 2.31. The van der Waals surface area contributed by atoms with Gasteiger partial charge in [0.05, 0.1) is 18.1 Å². The summed E-state index contributed by atoms with van der Waals surface area (Å²) in [7, 11) is 0. The molecule has 5 rings (SSSR count). The standard InChI is InChI=1S/C19H18N6O/c1-11-6-20-19(21-7-11)24-10-14(8-22-24)15-9-23-25-16(15)5-12(2)17(18(25)26)13-3-4-13/h6-10,13H,3-5H2,1-2H3. The molecule has 0 saturated heterocycles. The minimum Gasteiger partial charge on any atom is -0.267 e. The number of nitrogens with zero attached hydrogens (tertiary/aromatic N) is 6. The summed E-state index contributed by atoms with van der Waals surface area (Å²) in [5.74, 6) is 0.988. The van der Waals surface area contributed by atoms with E-state index in [0.29, 0.717) is 11.9 Å². The molecule has 0 spiro atoms. The van der Waals surface area contributed by atoms with Gasteiger partial charge < -0.3 is 0 Å². The largest absolute Gasteiger partial charge is 0.274 e. The van der Waals surface area contributed by atoms with Crippen LogP contribution in [0.4, 0.5) is 0 Å². The third-order valence-electron chi connectivity index (χ3n) is 5.04. The van der Waals surface area contributed by atoms with Crippen molar-refractivity contribution in [1.82, 2.24) is 29.5 Å². The van der Waals surface area contributed by atoms with Gasteiger partial charge in [-0.25, -0.2) is 19.3 Å². The maximum Gasteiger partial charge on any atom is 0.274 e. The van der Waals surface area contributed by atoms with Crippen LogP contribution in [0, 0.1) is 12.8 Å². The highest BCUT2D eigenvalue weighted by molar-refractivity contribution is 5.99. The topological polar surface area (TPSA) is 78.5 Å². The molecular weight excluding hydrogens is 328 g/mol. The SMILES string of the molecule is CC1=C(C2CC2)C(=O)n2ncc(-c3cnn(-c4ncc(C)cn4)c3)c2C1. The van der Waals surface area contributed by atoms with Gasteiger partial charge in [0.25, 0.3) is 5.91 Å². The number of carbonyl (C=O) groups excluding carboxylic acids is 1. The maximum atomic E-state index is 12.8. The first-order chi connectivity index (χ1) is 12.6. The molecule has 0 atom stereocenters. The molecule has 1 aliphatic heterocycles. The maximum absolute atomic E-state index is 12.8. The summed E-state index contributed by atoms with van der Waals surface area (Å²) in [6.07, 6.45) is 11.9. The Bertz CT molecular complexity index is 1050. The van der Waals surface area contributed by atoms with E-state index in [1.165, 1.54) is 5.57 Å². The van der Waals surface area contributed by atoms with Gasteiger partial charge >= 0.3 is 0 Å². The summed E-state index contributed by atoms with van der Waals surface area (Å²) < 4.78 is 3.21. The Hall–Kier alpha value is -3.09. The van der Waals surface area contributed by atoms with Gasteiger partial charge in [0.15, 0.2) is 0 Å². The van der Waals surface area contributed by atoms with Crippen molar-refractivity contribution in [1.29, 1.82) is 0 Å². The zero-order valence-corrected chi connectivity index (χ0v) is 14.7. The summed E-state index contributed by atoms with van der Waals surface area (Å²) >= 11 is 0. The van der Waals surface area contributed by atoms with Crippen molar-refractivity contribution in [3.63, 3.8) is 0 Å². The van der Waals surface area contributed by atoms with Gasteiger partial charge in [0, 0.05) is 41.7 Å². The van der Waals surface area contributed by atoms with Crippen molar-refractivity contribution < 1.29 is 4.79 Å². The van der Waals surface area contributed by atoms with Crippen LogP contribution in [0.3, 0.4) is 0 Å². The van der Waals surface area contributed by atoms with Crippen molar-refractivity contribution in [2.45, 2.75) is 33.1 Å². The smallest absolute Gasteiger partial charge is 0.267 e. The number of allylic oxidation sites excluding steroid dienone is 2. The first-order valence-corrected chi connectivity index (χ1v) is 8.77. The second-order valence-corrected chi connectivity index (χ2v) is 7.10. The van der Waals surface area contributed by atoms with Gasteiger partial charge in [-0.05, 0) is 38.2 Å². The lowest BCUT2D eigenvalue weighted by molar-refractivity contribution is 0.0924. The van der Waals surface area contributed by atoms with Crippen LogP contribution in [0.15, 0.2) is 42.1 Å². The van der Waals surface area contributed by atoms with Gasteiger partial charge in [-0.2, -0.15) is 10.2 Å². The molecule has 0 radical (unpaired) electrons. The molecule has 0 unspecified atom stereocenters. The second-order valence-electron chi connectivity index (χ2n) is 7.10. The monoisotopic (exact) mass is 346 g/mol. The highest BCUT2D eigenvalue weighted by Gasteiger charge is 2.37. The van der Waals surface area contributed by atoms with Crippen molar-refractivity contribution in [3.05, 3.63) is 53.4 Å². The van der Waals surface area contributed by atoms with Crippen LogP contribution in [0.5, 0.6) is 0 Å². The number of aryl methyl sites for hydroxylation is 1. The van der Waals surface area contributed by atoms with E-state index in [2.05, 4.69) is 27.1 Å². The van der Waals surface area contributed by atoms with Crippen LogP contribution >= 0.6 is 0 Å². The molecule has 0 N–H and O–H groups in total. The number of carbonyl (C=O) groups is 1. The lowest BCUT2D eigenvalue weighted by Gasteiger charge is -2.19. The van der Waals surface area contributed by atoms with Crippen molar-refractivity contribution in [3.8, 4) is 17.1 Å². The number of aromatic nitrogens is 6. The predicted molar refractivity (Wildman–Crippen MR) is 94.9 cm³/mol. The van der Waals surface area contributed by atoms with Crippen molar-refractivity contribution in [2.24, 2.45) is 5.92 Å². The van der Waals surface area contributed by atoms with Gasteiger partial charge in [0.2, 0.25) is 5.95 Å². The third-order valence-corrected chi connectivity index (χ3v) is 5.04. The molecule has 7 nitrogen and oxygen atoms in total. The molecular formula is C19H18N6O. The van der Waals surface area contributed by atoms with E-state index in [4.69, 9.17) is 0 Å². The quantitative estimate of drug-likeness (QED) is 0.729. The van der Waals surface area contributed by atoms with E-state index in [9.17, 15) is 4.79 Å². The molecule has 1 saturated carbocycles. The highest BCUT2D eigenvalue weighted by Crippen LogP contribution is 2.42. The average Bonchev–Trinajstić information content (AvgIpc) is 3.17. The molecule has 0 aromatic carbocycles. The minimum absolute atomic E-state index is 0.0340. The summed E-state index contributed by atoms with van der Waals surface area (Å²) in [5, 5.41) is 8.74. The molecule has 1 aliphatic carbocycles. The molecule has 3 aromatic rings. The first kappa shape index (κ1) is 15.2. The summed E-state index contributed by atoms with van der Waals surface area (Å²) in [6, 6.07) is 0. The highest BCUT2D eigenvalue weighted by atomic mass is 16.2. The first-order valence-electron chi connectivity index (χ1n) is 8.77. The number of rotatable bonds is 3. The van der Waals surface area contributed by atoms with Gasteiger partial charge in [0.1, 0.15) is 0 Å². The molecule has 130 valence electrons. The molecule has 4 heterocycles. The Morgan fingerprint density at radius 3 is 2.54 bits per heavy atom. The fraction of sp³-hybridized carbons (Fsp3) is 0.316. The average molecular weight is 346 g/mol. The van der Waals surface area contributed by atoms with Crippen LogP contribution in [0.2, 0.25) is 0 Å².